The first-order chi connectivity index (χ1) is 10.5. The minimum absolute atomic E-state index is 0.0197. The van der Waals surface area contributed by atoms with Gasteiger partial charge < -0.3 is 11.1 Å². The third-order valence-corrected chi connectivity index (χ3v) is 5.92. The minimum Gasteiger partial charge on any atom is -0.351 e. The van der Waals surface area contributed by atoms with Crippen LogP contribution in [0.4, 0.5) is 0 Å². The molecule has 0 bridgehead atoms. The molecule has 0 aliphatic carbocycles. The van der Waals surface area contributed by atoms with Crippen LogP contribution >= 0.6 is 0 Å². The average molecular weight is 325 g/mol. The number of hydrogen-bond acceptors (Lipinski definition) is 4. The predicted octanol–water partition coefficient (Wildman–Crippen LogP) is 0.938. The van der Waals surface area contributed by atoms with E-state index in [1.807, 2.05) is 6.92 Å². The van der Waals surface area contributed by atoms with Crippen molar-refractivity contribution < 1.29 is 13.2 Å². The second kappa shape index (κ2) is 7.21. The Hall–Kier alpha value is -1.44. The van der Waals surface area contributed by atoms with Crippen molar-refractivity contribution in [3.8, 4) is 0 Å². The fourth-order valence-corrected chi connectivity index (χ4v) is 4.33. The van der Waals surface area contributed by atoms with E-state index in [2.05, 4.69) is 5.32 Å². The maximum atomic E-state index is 12.7. The second-order valence-corrected chi connectivity index (χ2v) is 7.42. The summed E-state index contributed by atoms with van der Waals surface area (Å²) >= 11 is 0. The van der Waals surface area contributed by atoms with E-state index in [4.69, 9.17) is 5.73 Å². The molecular weight excluding hydrogens is 302 g/mol. The molecular formula is C15H23N3O3S. The number of nitrogens with zero attached hydrogens (tertiary/aromatic N) is 1. The fourth-order valence-electron chi connectivity index (χ4n) is 2.63. The second-order valence-electron chi connectivity index (χ2n) is 5.53. The Balaban J connectivity index is 2.16. The zero-order valence-electron chi connectivity index (χ0n) is 12.8. The lowest BCUT2D eigenvalue weighted by molar-refractivity contribution is 0.0954. The summed E-state index contributed by atoms with van der Waals surface area (Å²) in [6.45, 7) is 3.25. The number of nitrogens with two attached hydrogens (primary N) is 1. The number of nitrogens with one attached hydrogen (secondary N) is 1. The summed E-state index contributed by atoms with van der Waals surface area (Å²) in [6.07, 6.45) is 2.84. The van der Waals surface area contributed by atoms with Gasteiger partial charge >= 0.3 is 0 Å². The smallest absolute Gasteiger partial charge is 0.251 e. The van der Waals surface area contributed by atoms with Gasteiger partial charge in [-0.05, 0) is 44.0 Å². The van der Waals surface area contributed by atoms with Gasteiger partial charge in [-0.2, -0.15) is 4.31 Å². The van der Waals surface area contributed by atoms with Gasteiger partial charge in [-0.25, -0.2) is 8.42 Å². The Labute approximate surface area is 131 Å². The average Bonchev–Trinajstić information content (AvgIpc) is 2.53. The molecule has 7 heteroatoms. The summed E-state index contributed by atoms with van der Waals surface area (Å²) < 4.78 is 26.9. The van der Waals surface area contributed by atoms with Crippen molar-refractivity contribution in [1.82, 2.24) is 9.62 Å². The van der Waals surface area contributed by atoms with E-state index in [-0.39, 0.29) is 16.8 Å². The number of amides is 1. The molecule has 22 heavy (non-hydrogen) atoms. The first-order valence-corrected chi connectivity index (χ1v) is 9.01. The quantitative estimate of drug-likeness (QED) is 0.842. The number of sulfonamides is 1. The molecule has 1 unspecified atom stereocenters. The van der Waals surface area contributed by atoms with Crippen molar-refractivity contribution in [1.29, 1.82) is 0 Å². The number of carbonyl (C=O) groups excluding carboxylic acids is 1. The van der Waals surface area contributed by atoms with E-state index in [0.717, 1.165) is 19.3 Å². The van der Waals surface area contributed by atoms with Crippen molar-refractivity contribution >= 4 is 15.9 Å². The lowest BCUT2D eigenvalue weighted by Crippen LogP contribution is -2.41. The van der Waals surface area contributed by atoms with Crippen molar-refractivity contribution in [2.24, 2.45) is 5.73 Å². The van der Waals surface area contributed by atoms with Crippen LogP contribution in [0.3, 0.4) is 0 Å². The zero-order valence-corrected chi connectivity index (χ0v) is 13.6. The third kappa shape index (κ3) is 3.66. The zero-order chi connectivity index (χ0) is 16.2. The van der Waals surface area contributed by atoms with Gasteiger partial charge in [0.15, 0.2) is 0 Å². The molecule has 122 valence electrons. The number of hydrogen-bond donors (Lipinski definition) is 2. The van der Waals surface area contributed by atoms with Crippen LogP contribution in [-0.2, 0) is 10.0 Å². The number of piperidine rings is 1. The summed E-state index contributed by atoms with van der Waals surface area (Å²) in [5.74, 6) is -0.249. The Morgan fingerprint density at radius 3 is 2.59 bits per heavy atom. The molecule has 0 saturated carbocycles. The number of rotatable bonds is 5. The molecule has 1 aliphatic rings. The Bertz CT molecular complexity index is 613. The van der Waals surface area contributed by atoms with E-state index in [1.54, 1.807) is 4.31 Å². The standard InChI is InChI=1S/C15H23N3O3S/c1-12-4-2-3-11-18(12)22(20,21)14-7-5-13(6-8-14)15(19)17-10-9-16/h5-8,12H,2-4,9-11,16H2,1H3,(H,17,19). The highest BCUT2D eigenvalue weighted by Gasteiger charge is 2.30. The molecule has 0 radical (unpaired) electrons. The molecule has 6 nitrogen and oxygen atoms in total. The summed E-state index contributed by atoms with van der Waals surface area (Å²) in [7, 11) is -3.49. The summed E-state index contributed by atoms with van der Waals surface area (Å²) in [6, 6.07) is 6.08. The molecule has 1 heterocycles. The van der Waals surface area contributed by atoms with Gasteiger partial charge in [-0.15, -0.1) is 0 Å². The Kier molecular flexibility index (Phi) is 5.55. The van der Waals surface area contributed by atoms with Crippen LogP contribution in [-0.4, -0.2) is 44.3 Å². The monoisotopic (exact) mass is 325 g/mol. The van der Waals surface area contributed by atoms with Crippen molar-refractivity contribution in [2.75, 3.05) is 19.6 Å². The molecule has 1 amide bonds. The van der Waals surface area contributed by atoms with Gasteiger partial charge in [-0.3, -0.25) is 4.79 Å². The molecule has 1 aromatic rings. The van der Waals surface area contributed by atoms with Crippen LogP contribution in [0.25, 0.3) is 0 Å². The highest BCUT2D eigenvalue weighted by atomic mass is 32.2. The Morgan fingerprint density at radius 2 is 2.00 bits per heavy atom. The molecule has 1 fully saturated rings. The van der Waals surface area contributed by atoms with Crippen LogP contribution < -0.4 is 11.1 Å². The molecule has 1 aliphatic heterocycles. The summed E-state index contributed by atoms with van der Waals surface area (Å²) in [4.78, 5) is 12.0. The van der Waals surface area contributed by atoms with Gasteiger partial charge in [0.05, 0.1) is 4.90 Å². The fraction of sp³-hybridized carbons (Fsp3) is 0.533. The van der Waals surface area contributed by atoms with Gasteiger partial charge in [-0.1, -0.05) is 6.42 Å². The van der Waals surface area contributed by atoms with Crippen LogP contribution in [0.1, 0.15) is 36.5 Å². The van der Waals surface area contributed by atoms with Crippen molar-refractivity contribution in [3.63, 3.8) is 0 Å². The van der Waals surface area contributed by atoms with Crippen LogP contribution in [0.2, 0.25) is 0 Å². The Morgan fingerprint density at radius 1 is 1.32 bits per heavy atom. The van der Waals surface area contributed by atoms with Gasteiger partial charge in [0.25, 0.3) is 5.91 Å². The van der Waals surface area contributed by atoms with E-state index in [0.29, 0.717) is 25.2 Å². The molecule has 1 atom stereocenters. The van der Waals surface area contributed by atoms with Crippen molar-refractivity contribution in [3.05, 3.63) is 29.8 Å². The first-order valence-electron chi connectivity index (χ1n) is 7.57. The van der Waals surface area contributed by atoms with E-state index >= 15 is 0 Å². The van der Waals surface area contributed by atoms with Gasteiger partial charge in [0.1, 0.15) is 0 Å². The van der Waals surface area contributed by atoms with Crippen LogP contribution in [0, 0.1) is 0 Å². The molecule has 3 N–H and O–H groups in total. The largest absolute Gasteiger partial charge is 0.351 e. The highest BCUT2D eigenvalue weighted by molar-refractivity contribution is 7.89. The maximum absolute atomic E-state index is 12.7. The topological polar surface area (TPSA) is 92.5 Å². The third-order valence-electron chi connectivity index (χ3n) is 3.90. The van der Waals surface area contributed by atoms with E-state index in [1.165, 1.54) is 24.3 Å². The molecule has 2 rings (SSSR count). The summed E-state index contributed by atoms with van der Waals surface area (Å²) in [5.41, 5.74) is 5.76. The molecule has 0 spiro atoms. The lowest BCUT2D eigenvalue weighted by atomic mass is 10.1. The number of benzene rings is 1. The van der Waals surface area contributed by atoms with Gasteiger partial charge in [0.2, 0.25) is 10.0 Å². The van der Waals surface area contributed by atoms with Crippen molar-refractivity contribution in [2.45, 2.75) is 37.1 Å². The maximum Gasteiger partial charge on any atom is 0.251 e. The molecule has 0 aromatic heterocycles. The SMILES string of the molecule is CC1CCCCN1S(=O)(=O)c1ccc(C(=O)NCCN)cc1. The molecule has 1 saturated heterocycles. The lowest BCUT2D eigenvalue weighted by Gasteiger charge is -2.32. The predicted molar refractivity (Wildman–Crippen MR) is 85.0 cm³/mol. The van der Waals surface area contributed by atoms with E-state index < -0.39 is 10.0 Å². The minimum atomic E-state index is -3.49. The van der Waals surface area contributed by atoms with E-state index in [9.17, 15) is 13.2 Å². The van der Waals surface area contributed by atoms with Gasteiger partial charge in [0, 0.05) is 31.2 Å². The molecule has 1 aromatic carbocycles. The first kappa shape index (κ1) is 16.9. The number of carbonyl (C=O) groups is 1. The van der Waals surface area contributed by atoms with Crippen LogP contribution in [0.5, 0.6) is 0 Å². The highest BCUT2D eigenvalue weighted by Crippen LogP contribution is 2.25. The summed E-state index contributed by atoms with van der Waals surface area (Å²) in [5, 5.41) is 2.65. The van der Waals surface area contributed by atoms with Crippen LogP contribution in [0.15, 0.2) is 29.2 Å². The normalized spacial score (nSPS) is 19.8.